The molecule has 0 amide bonds. The first-order valence-electron chi connectivity index (χ1n) is 5.99. The summed E-state index contributed by atoms with van der Waals surface area (Å²) in [5.41, 5.74) is 2.38. The number of hydrogen-bond acceptors (Lipinski definition) is 3. The summed E-state index contributed by atoms with van der Waals surface area (Å²) in [7, 11) is 1.95. The fourth-order valence-corrected chi connectivity index (χ4v) is 1.72. The maximum Gasteiger partial charge on any atom is 0.0544 e. The largest absolute Gasteiger partial charge is 0.316 e. The van der Waals surface area contributed by atoms with Crippen molar-refractivity contribution in [2.45, 2.75) is 39.9 Å². The highest BCUT2D eigenvalue weighted by atomic mass is 15.1. The van der Waals surface area contributed by atoms with Crippen LogP contribution in [-0.4, -0.2) is 29.5 Å². The molecule has 16 heavy (non-hydrogen) atoms. The Kier molecular flexibility index (Phi) is 5.43. The number of hydrogen-bond donors (Lipinski definition) is 1. The molecule has 1 rings (SSSR count). The van der Waals surface area contributed by atoms with Crippen molar-refractivity contribution in [2.75, 3.05) is 13.6 Å². The van der Waals surface area contributed by atoms with Gasteiger partial charge in [0.05, 0.1) is 5.69 Å². The maximum atomic E-state index is 4.49. The molecule has 0 spiro atoms. The zero-order valence-electron chi connectivity index (χ0n) is 10.8. The lowest BCUT2D eigenvalue weighted by Crippen LogP contribution is -2.30. The lowest BCUT2D eigenvalue weighted by molar-refractivity contribution is 0.222. The molecule has 1 N–H and O–H groups in total. The quantitative estimate of drug-likeness (QED) is 0.796. The molecule has 0 aliphatic carbocycles. The predicted octanol–water partition coefficient (Wildman–Crippen LogP) is 2.03. The van der Waals surface area contributed by atoms with Crippen LogP contribution in [0, 0.1) is 0 Å². The predicted molar refractivity (Wildman–Crippen MR) is 68.2 cm³/mol. The molecule has 0 saturated carbocycles. The van der Waals surface area contributed by atoms with Crippen LogP contribution in [0.5, 0.6) is 0 Å². The van der Waals surface area contributed by atoms with Crippen molar-refractivity contribution < 1.29 is 0 Å². The smallest absolute Gasteiger partial charge is 0.0544 e. The van der Waals surface area contributed by atoms with Crippen molar-refractivity contribution in [3.05, 3.63) is 29.6 Å². The molecule has 1 heterocycles. The lowest BCUT2D eigenvalue weighted by atomic mass is 10.2. The molecule has 0 unspecified atom stereocenters. The van der Waals surface area contributed by atoms with E-state index in [2.05, 4.69) is 48.1 Å². The molecule has 0 saturated heterocycles. The molecule has 3 nitrogen and oxygen atoms in total. The molecule has 0 aromatic carbocycles. The van der Waals surface area contributed by atoms with Gasteiger partial charge in [-0.05, 0) is 39.1 Å². The SMILES string of the molecule is CCN(Cc1ccc(CNC)cn1)C(C)C. The highest BCUT2D eigenvalue weighted by Gasteiger charge is 2.08. The minimum atomic E-state index is 0.573. The summed E-state index contributed by atoms with van der Waals surface area (Å²) in [4.78, 5) is 6.89. The van der Waals surface area contributed by atoms with Gasteiger partial charge in [-0.2, -0.15) is 0 Å². The van der Waals surface area contributed by atoms with Crippen molar-refractivity contribution in [3.8, 4) is 0 Å². The van der Waals surface area contributed by atoms with Crippen molar-refractivity contribution >= 4 is 0 Å². The fraction of sp³-hybridized carbons (Fsp3) is 0.615. The summed E-state index contributed by atoms with van der Waals surface area (Å²) in [6, 6.07) is 4.84. The van der Waals surface area contributed by atoms with E-state index in [1.165, 1.54) is 5.56 Å². The second kappa shape index (κ2) is 6.61. The van der Waals surface area contributed by atoms with Crippen molar-refractivity contribution in [2.24, 2.45) is 0 Å². The first kappa shape index (κ1) is 13.1. The van der Waals surface area contributed by atoms with Crippen molar-refractivity contribution in [3.63, 3.8) is 0 Å². The summed E-state index contributed by atoms with van der Waals surface area (Å²) in [6.07, 6.45) is 1.96. The molecule has 1 aromatic rings. The average molecular weight is 221 g/mol. The van der Waals surface area contributed by atoms with Crippen LogP contribution in [0.1, 0.15) is 32.0 Å². The Morgan fingerprint density at radius 3 is 2.56 bits per heavy atom. The number of nitrogens with one attached hydrogen (secondary N) is 1. The molecule has 90 valence electrons. The molecule has 0 bridgehead atoms. The van der Waals surface area contributed by atoms with Gasteiger partial charge in [-0.3, -0.25) is 9.88 Å². The Bertz CT molecular complexity index is 293. The molecular formula is C13H23N3. The Morgan fingerprint density at radius 1 is 1.38 bits per heavy atom. The molecule has 1 aromatic heterocycles. The van der Waals surface area contributed by atoms with Gasteiger partial charge in [0, 0.05) is 25.3 Å². The van der Waals surface area contributed by atoms with E-state index in [9.17, 15) is 0 Å². The van der Waals surface area contributed by atoms with Crippen LogP contribution in [-0.2, 0) is 13.1 Å². The van der Waals surface area contributed by atoms with Gasteiger partial charge in [-0.15, -0.1) is 0 Å². The van der Waals surface area contributed by atoms with E-state index in [1.54, 1.807) is 0 Å². The van der Waals surface area contributed by atoms with Gasteiger partial charge in [0.1, 0.15) is 0 Å². The third kappa shape index (κ3) is 3.91. The summed E-state index contributed by atoms with van der Waals surface area (Å²) in [6.45, 7) is 9.52. The zero-order valence-corrected chi connectivity index (χ0v) is 10.8. The molecule has 0 aliphatic rings. The Morgan fingerprint density at radius 2 is 2.12 bits per heavy atom. The molecule has 0 atom stereocenters. The molecular weight excluding hydrogens is 198 g/mol. The number of pyridine rings is 1. The van der Waals surface area contributed by atoms with Gasteiger partial charge >= 0.3 is 0 Å². The monoisotopic (exact) mass is 221 g/mol. The van der Waals surface area contributed by atoms with E-state index in [0.29, 0.717) is 6.04 Å². The normalized spacial score (nSPS) is 11.4. The summed E-state index contributed by atoms with van der Waals surface area (Å²) >= 11 is 0. The summed E-state index contributed by atoms with van der Waals surface area (Å²) < 4.78 is 0. The van der Waals surface area contributed by atoms with Gasteiger partial charge in [0.15, 0.2) is 0 Å². The Balaban J connectivity index is 2.60. The van der Waals surface area contributed by atoms with Gasteiger partial charge < -0.3 is 5.32 Å². The third-order valence-corrected chi connectivity index (χ3v) is 2.77. The van der Waals surface area contributed by atoms with Crippen LogP contribution < -0.4 is 5.32 Å². The minimum Gasteiger partial charge on any atom is -0.316 e. The topological polar surface area (TPSA) is 28.2 Å². The van der Waals surface area contributed by atoms with Crippen LogP contribution in [0.3, 0.4) is 0 Å². The van der Waals surface area contributed by atoms with E-state index >= 15 is 0 Å². The standard InChI is InChI=1S/C13H23N3/c1-5-16(11(2)3)10-13-7-6-12(8-14-4)9-15-13/h6-7,9,11,14H,5,8,10H2,1-4H3. The number of nitrogens with zero attached hydrogens (tertiary/aromatic N) is 2. The van der Waals surface area contributed by atoms with E-state index in [1.807, 2.05) is 13.2 Å². The maximum absolute atomic E-state index is 4.49. The lowest BCUT2D eigenvalue weighted by Gasteiger charge is -2.24. The van der Waals surface area contributed by atoms with Gasteiger partial charge in [-0.1, -0.05) is 13.0 Å². The van der Waals surface area contributed by atoms with Crippen molar-refractivity contribution in [1.29, 1.82) is 0 Å². The van der Waals surface area contributed by atoms with Crippen LogP contribution in [0.2, 0.25) is 0 Å². The molecule has 0 radical (unpaired) electrons. The Labute approximate surface area is 98.9 Å². The molecule has 0 fully saturated rings. The van der Waals surface area contributed by atoms with Crippen LogP contribution >= 0.6 is 0 Å². The van der Waals surface area contributed by atoms with E-state index in [-0.39, 0.29) is 0 Å². The van der Waals surface area contributed by atoms with Crippen molar-refractivity contribution in [1.82, 2.24) is 15.2 Å². The van der Waals surface area contributed by atoms with E-state index in [0.717, 1.165) is 25.3 Å². The summed E-state index contributed by atoms with van der Waals surface area (Å²) in [5.74, 6) is 0. The molecule has 3 heteroatoms. The highest BCUT2D eigenvalue weighted by molar-refractivity contribution is 5.13. The van der Waals surface area contributed by atoms with Crippen LogP contribution in [0.15, 0.2) is 18.3 Å². The van der Waals surface area contributed by atoms with E-state index < -0.39 is 0 Å². The highest BCUT2D eigenvalue weighted by Crippen LogP contribution is 2.06. The fourth-order valence-electron chi connectivity index (χ4n) is 1.72. The van der Waals surface area contributed by atoms with Crippen LogP contribution in [0.4, 0.5) is 0 Å². The second-order valence-electron chi connectivity index (χ2n) is 4.34. The average Bonchev–Trinajstić information content (AvgIpc) is 2.28. The summed E-state index contributed by atoms with van der Waals surface area (Å²) in [5, 5.41) is 3.12. The van der Waals surface area contributed by atoms with Crippen LogP contribution in [0.25, 0.3) is 0 Å². The number of aromatic nitrogens is 1. The van der Waals surface area contributed by atoms with E-state index in [4.69, 9.17) is 0 Å². The number of rotatable bonds is 6. The first-order chi connectivity index (χ1) is 7.67. The molecule has 0 aliphatic heterocycles. The minimum absolute atomic E-state index is 0.573. The van der Waals surface area contributed by atoms with Gasteiger partial charge in [0.2, 0.25) is 0 Å². The third-order valence-electron chi connectivity index (χ3n) is 2.77. The Hall–Kier alpha value is -0.930. The van der Waals surface area contributed by atoms with Gasteiger partial charge in [-0.25, -0.2) is 0 Å². The first-order valence-corrected chi connectivity index (χ1v) is 5.99. The van der Waals surface area contributed by atoms with Gasteiger partial charge in [0.25, 0.3) is 0 Å². The zero-order chi connectivity index (χ0) is 12.0. The second-order valence-corrected chi connectivity index (χ2v) is 4.34.